The summed E-state index contributed by atoms with van der Waals surface area (Å²) < 4.78 is 0. The first kappa shape index (κ1) is 13.7. The van der Waals surface area contributed by atoms with Crippen molar-refractivity contribution in [1.29, 1.82) is 0 Å². The van der Waals surface area contributed by atoms with E-state index in [0.29, 0.717) is 29.7 Å². The molecule has 0 fully saturated rings. The smallest absolute Gasteiger partial charge is 0.106 e. The molecule has 0 aliphatic rings. The second-order valence-corrected chi connectivity index (χ2v) is 4.39. The summed E-state index contributed by atoms with van der Waals surface area (Å²) in [7, 11) is 0. The average Bonchev–Trinajstić information content (AvgIpc) is 2.24. The first-order chi connectivity index (χ1) is 7.69. The SMILES string of the molecule is OCC[NH+](CCO)Cc1c(Cl)cccc1Cl. The highest BCUT2D eigenvalue weighted by atomic mass is 35.5. The third-order valence-corrected chi connectivity index (χ3v) is 3.13. The van der Waals surface area contributed by atoms with Crippen LogP contribution in [-0.2, 0) is 6.54 Å². The molecule has 3 N–H and O–H groups in total. The molecular weight excluding hydrogens is 249 g/mol. The number of benzene rings is 1. The van der Waals surface area contributed by atoms with E-state index < -0.39 is 0 Å². The van der Waals surface area contributed by atoms with Crippen LogP contribution in [-0.4, -0.2) is 36.5 Å². The van der Waals surface area contributed by atoms with Crippen LogP contribution in [0, 0.1) is 0 Å². The predicted octanol–water partition coefficient (Wildman–Crippen LogP) is 0.363. The van der Waals surface area contributed by atoms with Crippen LogP contribution in [0.3, 0.4) is 0 Å². The van der Waals surface area contributed by atoms with Gasteiger partial charge in [-0.15, -0.1) is 0 Å². The Balaban J connectivity index is 2.76. The number of hydrogen-bond donors (Lipinski definition) is 3. The van der Waals surface area contributed by atoms with E-state index in [9.17, 15) is 0 Å². The van der Waals surface area contributed by atoms with Crippen LogP contribution in [0.15, 0.2) is 18.2 Å². The monoisotopic (exact) mass is 264 g/mol. The zero-order valence-electron chi connectivity index (χ0n) is 8.92. The zero-order valence-corrected chi connectivity index (χ0v) is 10.4. The van der Waals surface area contributed by atoms with Gasteiger partial charge in [0.15, 0.2) is 0 Å². The third-order valence-electron chi connectivity index (χ3n) is 2.42. The summed E-state index contributed by atoms with van der Waals surface area (Å²) in [5, 5.41) is 19.1. The van der Waals surface area contributed by atoms with Crippen molar-refractivity contribution in [3.63, 3.8) is 0 Å². The molecule has 16 heavy (non-hydrogen) atoms. The molecule has 0 spiro atoms. The average molecular weight is 265 g/mol. The number of aliphatic hydroxyl groups is 2. The van der Waals surface area contributed by atoms with Gasteiger partial charge in [0.25, 0.3) is 0 Å². The topological polar surface area (TPSA) is 44.9 Å². The Morgan fingerprint density at radius 3 is 1.94 bits per heavy atom. The van der Waals surface area contributed by atoms with Crippen LogP contribution in [0.4, 0.5) is 0 Å². The van der Waals surface area contributed by atoms with E-state index in [1.54, 1.807) is 18.2 Å². The van der Waals surface area contributed by atoms with Crippen molar-refractivity contribution in [3.05, 3.63) is 33.8 Å². The summed E-state index contributed by atoms with van der Waals surface area (Å²) in [6, 6.07) is 5.38. The second kappa shape index (κ2) is 7.09. The van der Waals surface area contributed by atoms with Gasteiger partial charge in [-0.3, -0.25) is 0 Å². The molecule has 0 amide bonds. The van der Waals surface area contributed by atoms with Gasteiger partial charge in [-0.05, 0) is 12.1 Å². The van der Waals surface area contributed by atoms with Crippen LogP contribution in [0.1, 0.15) is 5.56 Å². The minimum atomic E-state index is 0.0808. The summed E-state index contributed by atoms with van der Waals surface area (Å²) in [5.74, 6) is 0. The van der Waals surface area contributed by atoms with Crippen LogP contribution in [0.5, 0.6) is 0 Å². The van der Waals surface area contributed by atoms with Gasteiger partial charge in [-0.1, -0.05) is 29.3 Å². The molecule has 1 aromatic carbocycles. The van der Waals surface area contributed by atoms with Crippen LogP contribution in [0.25, 0.3) is 0 Å². The minimum absolute atomic E-state index is 0.0808. The molecule has 0 radical (unpaired) electrons. The van der Waals surface area contributed by atoms with Crippen LogP contribution >= 0.6 is 23.2 Å². The Morgan fingerprint density at radius 2 is 1.50 bits per heavy atom. The lowest BCUT2D eigenvalue weighted by molar-refractivity contribution is -0.914. The molecular formula is C11H16Cl2NO2+. The fourth-order valence-corrected chi connectivity index (χ4v) is 2.10. The molecule has 0 aromatic heterocycles. The summed E-state index contributed by atoms with van der Waals surface area (Å²) in [6.45, 7) is 1.92. The molecule has 0 heterocycles. The van der Waals surface area contributed by atoms with E-state index in [1.165, 1.54) is 0 Å². The van der Waals surface area contributed by atoms with Crippen molar-refractivity contribution in [1.82, 2.24) is 0 Å². The molecule has 0 saturated heterocycles. The maximum atomic E-state index is 8.91. The van der Waals surface area contributed by atoms with Crippen molar-refractivity contribution in [2.24, 2.45) is 0 Å². The van der Waals surface area contributed by atoms with E-state index in [-0.39, 0.29) is 13.2 Å². The number of halogens is 2. The highest BCUT2D eigenvalue weighted by Crippen LogP contribution is 2.23. The number of nitrogens with one attached hydrogen (secondary N) is 1. The van der Waals surface area contributed by atoms with Crippen molar-refractivity contribution in [2.75, 3.05) is 26.3 Å². The number of rotatable bonds is 6. The zero-order chi connectivity index (χ0) is 12.0. The van der Waals surface area contributed by atoms with Gasteiger partial charge in [0, 0.05) is 5.56 Å². The fourth-order valence-electron chi connectivity index (χ4n) is 1.57. The quantitative estimate of drug-likeness (QED) is 0.695. The maximum Gasteiger partial charge on any atom is 0.106 e. The van der Waals surface area contributed by atoms with Crippen molar-refractivity contribution < 1.29 is 15.1 Å². The van der Waals surface area contributed by atoms with E-state index in [0.717, 1.165) is 10.5 Å². The van der Waals surface area contributed by atoms with Crippen LogP contribution < -0.4 is 4.90 Å². The van der Waals surface area contributed by atoms with Gasteiger partial charge in [-0.2, -0.15) is 0 Å². The highest BCUT2D eigenvalue weighted by Gasteiger charge is 2.13. The van der Waals surface area contributed by atoms with Gasteiger partial charge in [0.05, 0.1) is 23.3 Å². The second-order valence-electron chi connectivity index (χ2n) is 3.57. The normalized spacial score (nSPS) is 11.1. The van der Waals surface area contributed by atoms with E-state index in [2.05, 4.69) is 0 Å². The summed E-state index contributed by atoms with van der Waals surface area (Å²) >= 11 is 12.1. The molecule has 0 atom stereocenters. The Labute approximate surface area is 105 Å². The van der Waals surface area contributed by atoms with Gasteiger partial charge in [0.2, 0.25) is 0 Å². The van der Waals surface area contributed by atoms with Crippen molar-refractivity contribution in [2.45, 2.75) is 6.54 Å². The highest BCUT2D eigenvalue weighted by molar-refractivity contribution is 6.35. The molecule has 0 aliphatic heterocycles. The Hall–Kier alpha value is -0.320. The van der Waals surface area contributed by atoms with Gasteiger partial charge >= 0.3 is 0 Å². The lowest BCUT2D eigenvalue weighted by atomic mass is 10.2. The summed E-state index contributed by atoms with van der Waals surface area (Å²) in [4.78, 5) is 1.06. The molecule has 0 aliphatic carbocycles. The van der Waals surface area contributed by atoms with Crippen molar-refractivity contribution in [3.8, 4) is 0 Å². The molecule has 1 aromatic rings. The minimum Gasteiger partial charge on any atom is -0.391 e. The van der Waals surface area contributed by atoms with Gasteiger partial charge in [0.1, 0.15) is 19.6 Å². The first-order valence-corrected chi connectivity index (χ1v) is 5.92. The Bertz CT molecular complexity index is 308. The van der Waals surface area contributed by atoms with E-state index >= 15 is 0 Å². The summed E-state index contributed by atoms with van der Waals surface area (Å²) in [6.07, 6.45) is 0. The Morgan fingerprint density at radius 1 is 1.00 bits per heavy atom. The Kier molecular flexibility index (Phi) is 6.09. The van der Waals surface area contributed by atoms with Gasteiger partial charge < -0.3 is 15.1 Å². The molecule has 3 nitrogen and oxygen atoms in total. The molecule has 0 bridgehead atoms. The van der Waals surface area contributed by atoms with Crippen molar-refractivity contribution >= 4 is 23.2 Å². The predicted molar refractivity (Wildman–Crippen MR) is 65.0 cm³/mol. The molecule has 0 unspecified atom stereocenters. The first-order valence-electron chi connectivity index (χ1n) is 5.17. The molecule has 1 rings (SSSR count). The van der Waals surface area contributed by atoms with Gasteiger partial charge in [-0.25, -0.2) is 0 Å². The maximum absolute atomic E-state index is 8.91. The van der Waals surface area contributed by atoms with E-state index in [4.69, 9.17) is 33.4 Å². The molecule has 0 saturated carbocycles. The molecule has 5 heteroatoms. The number of quaternary nitrogens is 1. The summed E-state index contributed by atoms with van der Waals surface area (Å²) in [5.41, 5.74) is 0.864. The lowest BCUT2D eigenvalue weighted by Gasteiger charge is -2.18. The van der Waals surface area contributed by atoms with Crippen LogP contribution in [0.2, 0.25) is 10.0 Å². The number of hydrogen-bond acceptors (Lipinski definition) is 2. The number of aliphatic hydroxyl groups excluding tert-OH is 2. The van der Waals surface area contributed by atoms with E-state index in [1.807, 2.05) is 0 Å². The lowest BCUT2D eigenvalue weighted by Crippen LogP contribution is -3.11. The third kappa shape index (κ3) is 3.92. The largest absolute Gasteiger partial charge is 0.391 e. The standard InChI is InChI=1S/C11H15Cl2NO2/c12-10-2-1-3-11(13)9(10)8-14(4-6-15)5-7-16/h1-3,15-16H,4-8H2/p+1. The fraction of sp³-hybridized carbons (Fsp3) is 0.455. The molecule has 90 valence electrons.